The van der Waals surface area contributed by atoms with E-state index in [1.807, 2.05) is 42.5 Å². The second-order valence-electron chi connectivity index (χ2n) is 5.41. The van der Waals surface area contributed by atoms with Crippen LogP contribution in [-0.4, -0.2) is 40.7 Å². The monoisotopic (exact) mass is 309 g/mol. The van der Waals surface area contributed by atoms with Crippen molar-refractivity contribution in [2.75, 3.05) is 19.8 Å². The highest BCUT2D eigenvalue weighted by Crippen LogP contribution is 2.26. The van der Waals surface area contributed by atoms with Crippen molar-refractivity contribution in [1.29, 1.82) is 0 Å². The number of rotatable bonds is 2. The van der Waals surface area contributed by atoms with Crippen LogP contribution in [0.4, 0.5) is 0 Å². The summed E-state index contributed by atoms with van der Waals surface area (Å²) in [5.41, 5.74) is 0.679. The van der Waals surface area contributed by atoms with Crippen molar-refractivity contribution in [3.8, 4) is 0 Å². The Morgan fingerprint density at radius 1 is 1.17 bits per heavy atom. The Kier molecular flexibility index (Phi) is 3.51. The van der Waals surface area contributed by atoms with Crippen molar-refractivity contribution in [2.24, 2.45) is 0 Å². The van der Waals surface area contributed by atoms with E-state index in [0.717, 1.165) is 10.8 Å². The first kappa shape index (κ1) is 13.9. The first-order valence-electron chi connectivity index (χ1n) is 7.47. The number of benzene rings is 2. The summed E-state index contributed by atoms with van der Waals surface area (Å²) in [4.78, 5) is 18.9. The number of morpholine rings is 1. The fourth-order valence-corrected chi connectivity index (χ4v) is 2.95. The van der Waals surface area contributed by atoms with Crippen LogP contribution in [0.1, 0.15) is 22.2 Å². The van der Waals surface area contributed by atoms with Crippen molar-refractivity contribution >= 4 is 16.7 Å². The van der Waals surface area contributed by atoms with Gasteiger partial charge in [0, 0.05) is 12.1 Å². The van der Waals surface area contributed by atoms with E-state index < -0.39 is 0 Å². The van der Waals surface area contributed by atoms with Crippen LogP contribution in [0, 0.1) is 0 Å². The lowest BCUT2D eigenvalue weighted by Crippen LogP contribution is -2.43. The number of carbonyl (C=O) groups excluding carboxylic acids is 1. The molecule has 0 N–H and O–H groups in total. The molecular weight excluding hydrogens is 294 g/mol. The number of nitrogens with zero attached hydrogens (tertiary/aromatic N) is 3. The molecule has 1 aliphatic rings. The first-order chi connectivity index (χ1) is 11.3. The molecule has 0 saturated carbocycles. The molecule has 0 radical (unpaired) electrons. The molecule has 0 aliphatic carbocycles. The van der Waals surface area contributed by atoms with Crippen LogP contribution in [0.25, 0.3) is 10.8 Å². The van der Waals surface area contributed by atoms with Gasteiger partial charge in [-0.15, -0.1) is 0 Å². The lowest BCUT2D eigenvalue weighted by atomic mass is 10.0. The van der Waals surface area contributed by atoms with Gasteiger partial charge in [-0.25, -0.2) is 0 Å². The van der Waals surface area contributed by atoms with Crippen LogP contribution < -0.4 is 0 Å². The summed E-state index contributed by atoms with van der Waals surface area (Å²) in [5, 5.41) is 5.86. The first-order valence-corrected chi connectivity index (χ1v) is 7.47. The summed E-state index contributed by atoms with van der Waals surface area (Å²) in [6.07, 6.45) is 1.27. The zero-order chi connectivity index (χ0) is 15.6. The average Bonchev–Trinajstić information content (AvgIpc) is 3.15. The van der Waals surface area contributed by atoms with Gasteiger partial charge in [-0.3, -0.25) is 4.79 Å². The summed E-state index contributed by atoms with van der Waals surface area (Å²) < 4.78 is 10.3. The van der Waals surface area contributed by atoms with Crippen molar-refractivity contribution in [3.63, 3.8) is 0 Å². The number of amides is 1. The third kappa shape index (κ3) is 2.47. The third-order valence-corrected chi connectivity index (χ3v) is 4.09. The van der Waals surface area contributed by atoms with Gasteiger partial charge < -0.3 is 14.2 Å². The number of aromatic nitrogens is 2. The predicted octanol–water partition coefficient (Wildman–Crippen LogP) is 2.44. The van der Waals surface area contributed by atoms with E-state index in [2.05, 4.69) is 10.1 Å². The van der Waals surface area contributed by atoms with Crippen molar-refractivity contribution in [2.45, 2.75) is 6.04 Å². The molecule has 1 atom stereocenters. The van der Waals surface area contributed by atoms with Gasteiger partial charge in [-0.05, 0) is 16.8 Å². The molecule has 1 fully saturated rings. The Balaban J connectivity index is 1.74. The fraction of sp³-hybridized carbons (Fsp3) is 0.235. The van der Waals surface area contributed by atoms with Gasteiger partial charge in [0.2, 0.25) is 6.39 Å². The summed E-state index contributed by atoms with van der Waals surface area (Å²) in [6.45, 7) is 1.38. The van der Waals surface area contributed by atoms with Gasteiger partial charge in [0.05, 0.1) is 13.2 Å². The van der Waals surface area contributed by atoms with Crippen molar-refractivity contribution < 1.29 is 14.1 Å². The van der Waals surface area contributed by atoms with E-state index in [4.69, 9.17) is 9.26 Å². The van der Waals surface area contributed by atoms with E-state index in [9.17, 15) is 4.79 Å². The topological polar surface area (TPSA) is 68.5 Å². The minimum absolute atomic E-state index is 0.0418. The number of fused-ring (bicyclic) bond motifs is 1. The fourth-order valence-electron chi connectivity index (χ4n) is 2.95. The van der Waals surface area contributed by atoms with Crippen LogP contribution in [0.3, 0.4) is 0 Å². The molecule has 2 aromatic carbocycles. The second-order valence-corrected chi connectivity index (χ2v) is 5.41. The smallest absolute Gasteiger partial charge is 0.255 e. The Morgan fingerprint density at radius 3 is 2.91 bits per heavy atom. The quantitative estimate of drug-likeness (QED) is 0.727. The Hall–Kier alpha value is -2.73. The Labute approximate surface area is 132 Å². The molecule has 23 heavy (non-hydrogen) atoms. The lowest BCUT2D eigenvalue weighted by molar-refractivity contribution is -0.00566. The second kappa shape index (κ2) is 5.81. The molecule has 6 heteroatoms. The number of ether oxygens (including phenoxy) is 1. The molecule has 1 aromatic heterocycles. The van der Waals surface area contributed by atoms with Gasteiger partial charge in [0.25, 0.3) is 5.91 Å². The molecule has 4 rings (SSSR count). The van der Waals surface area contributed by atoms with Crippen molar-refractivity contribution in [1.82, 2.24) is 15.0 Å². The normalized spacial score (nSPS) is 18.3. The molecule has 1 aliphatic heterocycles. The van der Waals surface area contributed by atoms with Crippen LogP contribution in [0.15, 0.2) is 53.4 Å². The third-order valence-electron chi connectivity index (χ3n) is 4.09. The van der Waals surface area contributed by atoms with E-state index in [1.54, 1.807) is 4.90 Å². The predicted molar refractivity (Wildman–Crippen MR) is 82.8 cm³/mol. The SMILES string of the molecule is O=C(c1cccc2ccccc12)N1CCOC[C@@H]1c1ncon1. The largest absolute Gasteiger partial charge is 0.377 e. The standard InChI is InChI=1S/C17H15N3O3/c21-17(14-7-3-5-12-4-1-2-6-13(12)14)20-8-9-22-10-15(20)16-18-11-23-19-16/h1-7,11,15H,8-10H2/t15-/m1/s1. The van der Waals surface area contributed by atoms with Crippen LogP contribution in [-0.2, 0) is 4.74 Å². The zero-order valence-corrected chi connectivity index (χ0v) is 12.4. The van der Waals surface area contributed by atoms with E-state index in [0.29, 0.717) is 31.1 Å². The molecule has 0 bridgehead atoms. The van der Waals surface area contributed by atoms with Gasteiger partial charge in [0.1, 0.15) is 6.04 Å². The summed E-state index contributed by atoms with van der Waals surface area (Å²) in [5.74, 6) is 0.429. The molecular formula is C17H15N3O3. The highest BCUT2D eigenvalue weighted by Gasteiger charge is 2.32. The van der Waals surface area contributed by atoms with Crippen LogP contribution in [0.5, 0.6) is 0 Å². The molecule has 6 nitrogen and oxygen atoms in total. The van der Waals surface area contributed by atoms with Gasteiger partial charge in [-0.2, -0.15) is 4.98 Å². The Bertz CT molecular complexity index is 827. The maximum atomic E-state index is 13.1. The van der Waals surface area contributed by atoms with E-state index in [1.165, 1.54) is 6.39 Å². The maximum Gasteiger partial charge on any atom is 0.255 e. The van der Waals surface area contributed by atoms with Gasteiger partial charge in [0.15, 0.2) is 5.82 Å². The van der Waals surface area contributed by atoms with Crippen LogP contribution in [0.2, 0.25) is 0 Å². The zero-order valence-electron chi connectivity index (χ0n) is 12.4. The van der Waals surface area contributed by atoms with Crippen molar-refractivity contribution in [3.05, 3.63) is 60.2 Å². The van der Waals surface area contributed by atoms with Gasteiger partial charge >= 0.3 is 0 Å². The summed E-state index contributed by atoms with van der Waals surface area (Å²) in [6, 6.07) is 13.3. The minimum atomic E-state index is -0.325. The maximum absolute atomic E-state index is 13.1. The van der Waals surface area contributed by atoms with E-state index >= 15 is 0 Å². The highest BCUT2D eigenvalue weighted by molar-refractivity contribution is 6.07. The Morgan fingerprint density at radius 2 is 2.04 bits per heavy atom. The number of hydrogen-bond donors (Lipinski definition) is 0. The molecule has 0 unspecified atom stereocenters. The highest BCUT2D eigenvalue weighted by atomic mass is 16.5. The number of carbonyl (C=O) groups is 1. The van der Waals surface area contributed by atoms with Gasteiger partial charge in [-0.1, -0.05) is 41.6 Å². The molecule has 116 valence electrons. The van der Waals surface area contributed by atoms with Crippen LogP contribution >= 0.6 is 0 Å². The summed E-state index contributed by atoms with van der Waals surface area (Å²) in [7, 11) is 0. The molecule has 3 aromatic rings. The number of hydrogen-bond acceptors (Lipinski definition) is 5. The molecule has 2 heterocycles. The molecule has 1 amide bonds. The lowest BCUT2D eigenvalue weighted by Gasteiger charge is -2.34. The summed E-state index contributed by atoms with van der Waals surface area (Å²) >= 11 is 0. The average molecular weight is 309 g/mol. The molecule has 0 spiro atoms. The van der Waals surface area contributed by atoms with E-state index in [-0.39, 0.29) is 11.9 Å². The minimum Gasteiger partial charge on any atom is -0.377 e. The molecule has 1 saturated heterocycles.